The first-order chi connectivity index (χ1) is 13.8. The summed E-state index contributed by atoms with van der Waals surface area (Å²) in [5.74, 6) is -1.19. The minimum absolute atomic E-state index is 0.0102. The van der Waals surface area contributed by atoms with E-state index in [1.807, 2.05) is 0 Å². The van der Waals surface area contributed by atoms with Gasteiger partial charge in [0.15, 0.2) is 22.1 Å². The van der Waals surface area contributed by atoms with Crippen molar-refractivity contribution >= 4 is 32.5 Å². The number of rotatable bonds is 5. The maximum atomic E-state index is 12.7. The van der Waals surface area contributed by atoms with E-state index in [1.165, 1.54) is 7.05 Å². The van der Waals surface area contributed by atoms with Crippen molar-refractivity contribution in [2.24, 2.45) is 7.05 Å². The third-order valence-electron chi connectivity index (χ3n) is 5.31. The molecule has 10 heteroatoms. The summed E-state index contributed by atoms with van der Waals surface area (Å²) >= 11 is 0. The number of aromatic nitrogens is 2. The van der Waals surface area contributed by atoms with E-state index in [9.17, 15) is 22.8 Å². The molecule has 0 N–H and O–H groups in total. The Morgan fingerprint density at radius 3 is 2.48 bits per heavy atom. The Bertz CT molecular complexity index is 1150. The Balaban J connectivity index is 1.51. The zero-order valence-corrected chi connectivity index (χ0v) is 16.7. The predicted molar refractivity (Wildman–Crippen MR) is 104 cm³/mol. The van der Waals surface area contributed by atoms with Crippen LogP contribution in [0.1, 0.15) is 29.8 Å². The number of carbonyl (C=O) groups excluding carboxylic acids is 2. The molecule has 29 heavy (non-hydrogen) atoms. The molecule has 1 saturated carbocycles. The van der Waals surface area contributed by atoms with Crippen molar-refractivity contribution in [1.82, 2.24) is 14.7 Å². The van der Waals surface area contributed by atoms with Crippen molar-refractivity contribution in [3.63, 3.8) is 0 Å². The maximum Gasteiger partial charge on any atom is 0.359 e. The molecule has 1 aromatic heterocycles. The summed E-state index contributed by atoms with van der Waals surface area (Å²) in [6.45, 7) is -0.495. The van der Waals surface area contributed by atoms with Gasteiger partial charge in [-0.1, -0.05) is 18.2 Å². The SMILES string of the molecule is Cn1nc(C(=O)OCC(=O)N(C2CC2)[C@@H]2CCS(=O)(=O)C2)c2ccccc2c1=O. The summed E-state index contributed by atoms with van der Waals surface area (Å²) in [5.41, 5.74) is -0.382. The van der Waals surface area contributed by atoms with Crippen molar-refractivity contribution in [2.45, 2.75) is 31.3 Å². The standard InChI is InChI=1S/C19H21N3O6S/c1-21-18(24)15-5-3-2-4-14(15)17(20-21)19(25)28-10-16(23)22(12-6-7-12)13-8-9-29(26,27)11-13/h2-5,12-13H,6-11H2,1H3/t13-/m1/s1. The monoisotopic (exact) mass is 419 g/mol. The Kier molecular flexibility index (Phi) is 4.89. The number of nitrogens with zero attached hydrogens (tertiary/aromatic N) is 3. The molecule has 0 spiro atoms. The molecule has 0 bridgehead atoms. The van der Waals surface area contributed by atoms with Crippen LogP contribution < -0.4 is 5.56 Å². The number of benzene rings is 1. The first-order valence-corrected chi connectivity index (χ1v) is 11.2. The fourth-order valence-corrected chi connectivity index (χ4v) is 5.48. The van der Waals surface area contributed by atoms with Gasteiger partial charge in [0.2, 0.25) is 0 Å². The summed E-state index contributed by atoms with van der Waals surface area (Å²) in [4.78, 5) is 39.1. The van der Waals surface area contributed by atoms with Crippen molar-refractivity contribution in [3.8, 4) is 0 Å². The number of fused-ring (bicyclic) bond motifs is 1. The van der Waals surface area contributed by atoms with Gasteiger partial charge in [-0.15, -0.1) is 0 Å². The van der Waals surface area contributed by atoms with Gasteiger partial charge in [-0.2, -0.15) is 5.10 Å². The normalized spacial score (nSPS) is 20.5. The van der Waals surface area contributed by atoms with E-state index in [2.05, 4.69) is 5.10 Å². The molecule has 1 aliphatic heterocycles. The van der Waals surface area contributed by atoms with Crippen molar-refractivity contribution in [2.75, 3.05) is 18.1 Å². The topological polar surface area (TPSA) is 116 Å². The van der Waals surface area contributed by atoms with Crippen LogP contribution in [-0.2, 0) is 26.4 Å². The van der Waals surface area contributed by atoms with Gasteiger partial charge < -0.3 is 9.64 Å². The summed E-state index contributed by atoms with van der Waals surface area (Å²) < 4.78 is 29.8. The van der Waals surface area contributed by atoms with E-state index >= 15 is 0 Å². The Labute approximate surface area is 167 Å². The van der Waals surface area contributed by atoms with Gasteiger partial charge in [-0.25, -0.2) is 17.9 Å². The van der Waals surface area contributed by atoms with Crippen LogP contribution in [0.4, 0.5) is 0 Å². The molecule has 0 radical (unpaired) electrons. The van der Waals surface area contributed by atoms with Crippen LogP contribution in [0.3, 0.4) is 0 Å². The Hall–Kier alpha value is -2.75. The molecule has 4 rings (SSSR count). The average Bonchev–Trinajstić information content (AvgIpc) is 3.45. The van der Waals surface area contributed by atoms with Gasteiger partial charge in [-0.3, -0.25) is 9.59 Å². The van der Waals surface area contributed by atoms with E-state index in [1.54, 1.807) is 29.2 Å². The number of esters is 1. The van der Waals surface area contributed by atoms with Gasteiger partial charge in [0.1, 0.15) is 0 Å². The highest BCUT2D eigenvalue weighted by Gasteiger charge is 2.42. The largest absolute Gasteiger partial charge is 0.451 e. The van der Waals surface area contributed by atoms with Crippen molar-refractivity contribution in [3.05, 3.63) is 40.3 Å². The molecular formula is C19H21N3O6S. The predicted octanol–water partition coefficient (Wildman–Crippen LogP) is 0.268. The number of sulfone groups is 1. The number of hydrogen-bond acceptors (Lipinski definition) is 7. The molecular weight excluding hydrogens is 398 g/mol. The van der Waals surface area contributed by atoms with Gasteiger partial charge >= 0.3 is 5.97 Å². The Morgan fingerprint density at radius 2 is 1.86 bits per heavy atom. The highest BCUT2D eigenvalue weighted by atomic mass is 32.2. The number of hydrogen-bond donors (Lipinski definition) is 0. The van der Waals surface area contributed by atoms with Crippen molar-refractivity contribution in [1.29, 1.82) is 0 Å². The second-order valence-corrected chi connectivity index (χ2v) is 9.72. The Morgan fingerprint density at radius 1 is 1.17 bits per heavy atom. The zero-order chi connectivity index (χ0) is 20.8. The lowest BCUT2D eigenvalue weighted by molar-refractivity contribution is -0.137. The fourth-order valence-electron chi connectivity index (χ4n) is 3.77. The molecule has 1 atom stereocenters. The van der Waals surface area contributed by atoms with Crippen LogP contribution in [0.2, 0.25) is 0 Å². The minimum atomic E-state index is -3.13. The summed E-state index contributed by atoms with van der Waals surface area (Å²) in [7, 11) is -1.69. The van der Waals surface area contributed by atoms with Gasteiger partial charge in [0.05, 0.1) is 16.9 Å². The number of ether oxygens (including phenoxy) is 1. The molecule has 1 saturated heterocycles. The van der Waals surface area contributed by atoms with Crippen LogP contribution in [-0.4, -0.2) is 65.2 Å². The lowest BCUT2D eigenvalue weighted by Crippen LogP contribution is -2.44. The molecule has 1 amide bonds. The third kappa shape index (κ3) is 3.89. The molecule has 1 aliphatic carbocycles. The van der Waals surface area contributed by atoms with Gasteiger partial charge in [-0.05, 0) is 25.3 Å². The minimum Gasteiger partial charge on any atom is -0.451 e. The molecule has 2 fully saturated rings. The van der Waals surface area contributed by atoms with Gasteiger partial charge in [0, 0.05) is 24.5 Å². The highest BCUT2D eigenvalue weighted by Crippen LogP contribution is 2.32. The van der Waals surface area contributed by atoms with E-state index in [-0.39, 0.29) is 34.8 Å². The molecule has 1 aromatic carbocycles. The molecule has 9 nitrogen and oxygen atoms in total. The summed E-state index contributed by atoms with van der Waals surface area (Å²) in [6, 6.07) is 6.21. The molecule has 2 aromatic rings. The molecule has 2 heterocycles. The number of aryl methyl sites for hydroxylation is 1. The van der Waals surface area contributed by atoms with E-state index in [0.29, 0.717) is 17.2 Å². The van der Waals surface area contributed by atoms with Crippen LogP contribution >= 0.6 is 0 Å². The molecule has 154 valence electrons. The number of amides is 1. The van der Waals surface area contributed by atoms with Crippen LogP contribution in [0.15, 0.2) is 29.1 Å². The highest BCUT2D eigenvalue weighted by molar-refractivity contribution is 7.91. The smallest absolute Gasteiger partial charge is 0.359 e. The first kappa shape index (κ1) is 19.6. The molecule has 0 unspecified atom stereocenters. The quantitative estimate of drug-likeness (QED) is 0.639. The number of carbonyl (C=O) groups is 2. The van der Waals surface area contributed by atoms with E-state index in [4.69, 9.17) is 4.74 Å². The van der Waals surface area contributed by atoms with Gasteiger partial charge in [0.25, 0.3) is 11.5 Å². The molecule has 2 aliphatic rings. The van der Waals surface area contributed by atoms with Crippen LogP contribution in [0.25, 0.3) is 10.8 Å². The fraction of sp³-hybridized carbons (Fsp3) is 0.474. The van der Waals surface area contributed by atoms with Crippen LogP contribution in [0, 0.1) is 0 Å². The second-order valence-electron chi connectivity index (χ2n) is 7.49. The van der Waals surface area contributed by atoms with E-state index in [0.717, 1.165) is 17.5 Å². The lowest BCUT2D eigenvalue weighted by Gasteiger charge is -2.28. The third-order valence-corrected chi connectivity index (χ3v) is 7.06. The summed E-state index contributed by atoms with van der Waals surface area (Å²) in [6.07, 6.45) is 2.05. The first-order valence-electron chi connectivity index (χ1n) is 9.41. The van der Waals surface area contributed by atoms with E-state index < -0.39 is 28.3 Å². The second kappa shape index (κ2) is 7.25. The lowest BCUT2D eigenvalue weighted by atomic mass is 10.1. The average molecular weight is 419 g/mol. The summed E-state index contributed by atoms with van der Waals surface area (Å²) in [5, 5.41) is 4.68. The van der Waals surface area contributed by atoms with Crippen molar-refractivity contribution < 1.29 is 22.7 Å². The van der Waals surface area contributed by atoms with Crippen LogP contribution in [0.5, 0.6) is 0 Å². The zero-order valence-electron chi connectivity index (χ0n) is 15.9. The maximum absolute atomic E-state index is 12.7.